The van der Waals surface area contributed by atoms with Crippen molar-refractivity contribution in [1.29, 1.82) is 0 Å². The molecule has 1 fully saturated rings. The van der Waals surface area contributed by atoms with E-state index in [1.807, 2.05) is 0 Å². The lowest BCUT2D eigenvalue weighted by molar-refractivity contribution is 0.385. The van der Waals surface area contributed by atoms with E-state index in [0.717, 1.165) is 4.47 Å². The summed E-state index contributed by atoms with van der Waals surface area (Å²) in [6.07, 6.45) is 0. The Morgan fingerprint density at radius 3 is 2.08 bits per heavy atom. The van der Waals surface area contributed by atoms with Crippen LogP contribution in [-0.4, -0.2) is 38.9 Å². The maximum Gasteiger partial charge on any atom is 0.243 e. The topological polar surface area (TPSA) is 40.6 Å². The summed E-state index contributed by atoms with van der Waals surface area (Å²) in [6.45, 7) is 6.63. The monoisotopic (exact) mass is 408 g/mol. The molecule has 3 rings (SSSR count). The number of nitrogens with zero attached hydrogens (tertiary/aromatic N) is 2. The quantitative estimate of drug-likeness (QED) is 0.778. The van der Waals surface area contributed by atoms with Crippen molar-refractivity contribution in [1.82, 2.24) is 4.31 Å². The zero-order valence-electron chi connectivity index (χ0n) is 13.9. The van der Waals surface area contributed by atoms with E-state index in [4.69, 9.17) is 0 Å². The smallest absolute Gasteiger partial charge is 0.243 e. The standard InChI is InChI=1S/C18H21BrN2O2S/c1-14-3-6-17(13-15(14)2)20-9-11-21(12-10-20)24(22,23)18-7-4-16(19)5-8-18/h3-8,13H,9-12H2,1-2H3. The lowest BCUT2D eigenvalue weighted by atomic mass is 10.1. The zero-order valence-corrected chi connectivity index (χ0v) is 16.3. The van der Waals surface area contributed by atoms with Gasteiger partial charge in [-0.05, 0) is 61.4 Å². The number of piperazine rings is 1. The fourth-order valence-electron chi connectivity index (χ4n) is 2.86. The van der Waals surface area contributed by atoms with E-state index >= 15 is 0 Å². The van der Waals surface area contributed by atoms with E-state index in [0.29, 0.717) is 31.1 Å². The lowest BCUT2D eigenvalue weighted by Crippen LogP contribution is -2.48. The molecule has 24 heavy (non-hydrogen) atoms. The summed E-state index contributed by atoms with van der Waals surface area (Å²) in [5.41, 5.74) is 3.70. The molecule has 0 amide bonds. The largest absolute Gasteiger partial charge is 0.369 e. The third-order valence-electron chi connectivity index (χ3n) is 4.55. The summed E-state index contributed by atoms with van der Waals surface area (Å²) in [7, 11) is -3.41. The first-order chi connectivity index (χ1) is 11.4. The summed E-state index contributed by atoms with van der Waals surface area (Å²) >= 11 is 3.34. The number of rotatable bonds is 3. The molecule has 1 aliphatic rings. The van der Waals surface area contributed by atoms with Gasteiger partial charge in [0.2, 0.25) is 10.0 Å². The molecule has 0 bridgehead atoms. The minimum atomic E-state index is -3.41. The molecule has 1 saturated heterocycles. The van der Waals surface area contributed by atoms with Crippen LogP contribution in [0.5, 0.6) is 0 Å². The van der Waals surface area contributed by atoms with Crippen LogP contribution < -0.4 is 4.90 Å². The Kier molecular flexibility index (Phi) is 4.99. The summed E-state index contributed by atoms with van der Waals surface area (Å²) in [5.74, 6) is 0. The van der Waals surface area contributed by atoms with Crippen LogP contribution in [-0.2, 0) is 10.0 Å². The molecule has 2 aromatic carbocycles. The fourth-order valence-corrected chi connectivity index (χ4v) is 4.55. The van der Waals surface area contributed by atoms with Crippen molar-refractivity contribution in [3.05, 3.63) is 58.1 Å². The van der Waals surface area contributed by atoms with E-state index in [2.05, 4.69) is 52.9 Å². The normalized spacial score (nSPS) is 16.4. The van der Waals surface area contributed by atoms with Gasteiger partial charge in [-0.25, -0.2) is 8.42 Å². The van der Waals surface area contributed by atoms with Crippen molar-refractivity contribution in [2.45, 2.75) is 18.7 Å². The third-order valence-corrected chi connectivity index (χ3v) is 6.99. The predicted molar refractivity (Wildman–Crippen MR) is 101 cm³/mol. The van der Waals surface area contributed by atoms with Crippen molar-refractivity contribution in [2.24, 2.45) is 0 Å². The second-order valence-electron chi connectivity index (χ2n) is 6.11. The third kappa shape index (κ3) is 3.50. The Morgan fingerprint density at radius 1 is 0.875 bits per heavy atom. The highest BCUT2D eigenvalue weighted by molar-refractivity contribution is 9.10. The Labute approximate surface area is 152 Å². The average Bonchev–Trinajstić information content (AvgIpc) is 2.58. The molecule has 6 heteroatoms. The van der Waals surface area contributed by atoms with Crippen LogP contribution in [0, 0.1) is 13.8 Å². The highest BCUT2D eigenvalue weighted by Crippen LogP contribution is 2.23. The number of aryl methyl sites for hydroxylation is 2. The van der Waals surface area contributed by atoms with Gasteiger partial charge < -0.3 is 4.90 Å². The van der Waals surface area contributed by atoms with Gasteiger partial charge in [0.15, 0.2) is 0 Å². The zero-order chi connectivity index (χ0) is 17.3. The molecule has 128 valence electrons. The van der Waals surface area contributed by atoms with Gasteiger partial charge in [-0.2, -0.15) is 4.31 Å². The molecule has 4 nitrogen and oxygen atoms in total. The maximum absolute atomic E-state index is 12.7. The van der Waals surface area contributed by atoms with Gasteiger partial charge in [-0.3, -0.25) is 0 Å². The van der Waals surface area contributed by atoms with Gasteiger partial charge in [-0.1, -0.05) is 22.0 Å². The molecule has 0 saturated carbocycles. The second-order valence-corrected chi connectivity index (χ2v) is 8.97. The highest BCUT2D eigenvalue weighted by atomic mass is 79.9. The van der Waals surface area contributed by atoms with E-state index in [9.17, 15) is 8.42 Å². The lowest BCUT2D eigenvalue weighted by Gasteiger charge is -2.35. The van der Waals surface area contributed by atoms with Crippen LogP contribution >= 0.6 is 15.9 Å². The summed E-state index contributed by atoms with van der Waals surface area (Å²) in [5, 5.41) is 0. The Bertz CT molecular complexity index is 827. The van der Waals surface area contributed by atoms with Crippen LogP contribution in [0.25, 0.3) is 0 Å². The first kappa shape index (κ1) is 17.5. The van der Waals surface area contributed by atoms with Crippen molar-refractivity contribution in [2.75, 3.05) is 31.1 Å². The van der Waals surface area contributed by atoms with Crippen molar-refractivity contribution < 1.29 is 8.42 Å². The number of anilines is 1. The van der Waals surface area contributed by atoms with Crippen LogP contribution in [0.2, 0.25) is 0 Å². The van der Waals surface area contributed by atoms with Gasteiger partial charge >= 0.3 is 0 Å². The van der Waals surface area contributed by atoms with Gasteiger partial charge in [0, 0.05) is 36.3 Å². The van der Waals surface area contributed by atoms with E-state index < -0.39 is 10.0 Å². The SMILES string of the molecule is Cc1ccc(N2CCN(S(=O)(=O)c3ccc(Br)cc3)CC2)cc1C. The molecule has 0 N–H and O–H groups in total. The first-order valence-electron chi connectivity index (χ1n) is 7.96. The van der Waals surface area contributed by atoms with Crippen molar-refractivity contribution in [3.63, 3.8) is 0 Å². The van der Waals surface area contributed by atoms with Gasteiger partial charge in [-0.15, -0.1) is 0 Å². The van der Waals surface area contributed by atoms with Crippen LogP contribution in [0.1, 0.15) is 11.1 Å². The predicted octanol–water partition coefficient (Wildman–Crippen LogP) is 3.58. The molecule has 0 aliphatic carbocycles. The molecule has 2 aromatic rings. The number of sulfonamides is 1. The van der Waals surface area contributed by atoms with Crippen LogP contribution in [0.4, 0.5) is 5.69 Å². The second kappa shape index (κ2) is 6.86. The van der Waals surface area contributed by atoms with E-state index in [1.54, 1.807) is 28.6 Å². The number of halogens is 1. The fraction of sp³-hybridized carbons (Fsp3) is 0.333. The number of hydrogen-bond donors (Lipinski definition) is 0. The molecule has 0 radical (unpaired) electrons. The Hall–Kier alpha value is -1.37. The minimum absolute atomic E-state index is 0.352. The molecule has 0 unspecified atom stereocenters. The molecule has 1 aliphatic heterocycles. The Morgan fingerprint density at radius 2 is 1.50 bits per heavy atom. The maximum atomic E-state index is 12.7. The van der Waals surface area contributed by atoms with Crippen molar-refractivity contribution in [3.8, 4) is 0 Å². The molecule has 0 atom stereocenters. The number of hydrogen-bond acceptors (Lipinski definition) is 3. The molecular weight excluding hydrogens is 388 g/mol. The summed E-state index contributed by atoms with van der Waals surface area (Å²) < 4.78 is 27.9. The van der Waals surface area contributed by atoms with Gasteiger partial charge in [0.1, 0.15) is 0 Å². The molecule has 1 heterocycles. The van der Waals surface area contributed by atoms with Crippen molar-refractivity contribution >= 4 is 31.6 Å². The van der Waals surface area contributed by atoms with E-state index in [1.165, 1.54) is 16.8 Å². The summed E-state index contributed by atoms with van der Waals surface area (Å²) in [4.78, 5) is 2.60. The summed E-state index contributed by atoms with van der Waals surface area (Å²) in [6, 6.07) is 13.2. The van der Waals surface area contributed by atoms with Crippen LogP contribution in [0.15, 0.2) is 51.8 Å². The van der Waals surface area contributed by atoms with Crippen LogP contribution in [0.3, 0.4) is 0 Å². The first-order valence-corrected chi connectivity index (χ1v) is 10.2. The Balaban J connectivity index is 1.72. The number of benzene rings is 2. The highest BCUT2D eigenvalue weighted by Gasteiger charge is 2.28. The molecule has 0 aromatic heterocycles. The molecule has 0 spiro atoms. The minimum Gasteiger partial charge on any atom is -0.369 e. The average molecular weight is 409 g/mol. The van der Waals surface area contributed by atoms with Gasteiger partial charge in [0.25, 0.3) is 0 Å². The van der Waals surface area contributed by atoms with E-state index in [-0.39, 0.29) is 0 Å². The van der Waals surface area contributed by atoms with Gasteiger partial charge in [0.05, 0.1) is 4.90 Å². The molecular formula is C18H21BrN2O2S.